The van der Waals surface area contributed by atoms with Gasteiger partial charge in [-0.25, -0.2) is 18.2 Å². The number of ether oxygens (including phenoxy) is 2. The van der Waals surface area contributed by atoms with Gasteiger partial charge >= 0.3 is 5.97 Å². The Labute approximate surface area is 153 Å². The Hall–Kier alpha value is -1.75. The summed E-state index contributed by atoms with van der Waals surface area (Å²) in [6, 6.07) is 1.11. The van der Waals surface area contributed by atoms with Gasteiger partial charge in [-0.2, -0.15) is 4.31 Å². The second-order valence-electron chi connectivity index (χ2n) is 5.86. The van der Waals surface area contributed by atoms with Gasteiger partial charge in [0, 0.05) is 46.3 Å². The predicted octanol–water partition coefficient (Wildman–Crippen LogP) is 0.521. The molecule has 26 heavy (non-hydrogen) atoms. The molecule has 0 atom stereocenters. The Morgan fingerprint density at radius 3 is 2.54 bits per heavy atom. The number of aromatic carboxylic acids is 1. The lowest BCUT2D eigenvalue weighted by molar-refractivity contribution is 0.0690. The van der Waals surface area contributed by atoms with E-state index >= 15 is 0 Å². The molecule has 1 aromatic rings. The number of sulfonamides is 1. The first-order valence-electron chi connectivity index (χ1n) is 8.47. The summed E-state index contributed by atoms with van der Waals surface area (Å²) >= 11 is 0. The molecule has 2 rings (SSSR count). The summed E-state index contributed by atoms with van der Waals surface area (Å²) in [5.74, 6) is -1.38. The number of pyridine rings is 1. The van der Waals surface area contributed by atoms with Crippen molar-refractivity contribution >= 4 is 16.0 Å². The molecule has 0 saturated carbocycles. The van der Waals surface area contributed by atoms with E-state index in [1.54, 1.807) is 7.11 Å². The number of piperazine rings is 1. The molecule has 1 aliphatic rings. The van der Waals surface area contributed by atoms with Crippen LogP contribution in [0.2, 0.25) is 0 Å². The highest BCUT2D eigenvalue weighted by Gasteiger charge is 2.30. The van der Waals surface area contributed by atoms with Gasteiger partial charge in [0.2, 0.25) is 15.9 Å². The van der Waals surface area contributed by atoms with E-state index in [4.69, 9.17) is 9.47 Å². The lowest BCUT2D eigenvalue weighted by Gasteiger charge is -2.33. The van der Waals surface area contributed by atoms with E-state index < -0.39 is 16.0 Å². The van der Waals surface area contributed by atoms with Gasteiger partial charge in [-0.15, -0.1) is 0 Å². The van der Waals surface area contributed by atoms with Crippen LogP contribution in [0, 0.1) is 0 Å². The van der Waals surface area contributed by atoms with Crippen LogP contribution < -0.4 is 4.74 Å². The molecule has 0 amide bonds. The zero-order chi connectivity index (χ0) is 19.2. The summed E-state index contributed by atoms with van der Waals surface area (Å²) in [6.07, 6.45) is 1.72. The molecule has 146 valence electrons. The SMILES string of the molecule is CCN1CCN(S(=O)(=O)c2cnc(OCCCOC)c(C(=O)O)c2)CC1. The normalized spacial score (nSPS) is 16.5. The number of nitrogens with zero attached hydrogens (tertiary/aromatic N) is 3. The Morgan fingerprint density at radius 2 is 1.96 bits per heavy atom. The number of likely N-dealkylation sites (N-methyl/N-ethyl adjacent to an activating group) is 1. The van der Waals surface area contributed by atoms with Gasteiger partial charge in [-0.1, -0.05) is 6.92 Å². The third kappa shape index (κ3) is 4.91. The number of hydrogen-bond acceptors (Lipinski definition) is 7. The molecule has 2 heterocycles. The predicted molar refractivity (Wildman–Crippen MR) is 94.1 cm³/mol. The molecule has 0 unspecified atom stereocenters. The van der Waals surface area contributed by atoms with Crippen LogP contribution in [0.5, 0.6) is 5.88 Å². The van der Waals surface area contributed by atoms with Crippen molar-refractivity contribution in [1.29, 1.82) is 0 Å². The van der Waals surface area contributed by atoms with E-state index in [9.17, 15) is 18.3 Å². The van der Waals surface area contributed by atoms with Crippen LogP contribution in [0.1, 0.15) is 23.7 Å². The van der Waals surface area contributed by atoms with Crippen molar-refractivity contribution < 1.29 is 27.8 Å². The van der Waals surface area contributed by atoms with E-state index in [0.717, 1.165) is 18.8 Å². The van der Waals surface area contributed by atoms with Crippen LogP contribution in [-0.2, 0) is 14.8 Å². The Morgan fingerprint density at radius 1 is 1.27 bits per heavy atom. The van der Waals surface area contributed by atoms with Gasteiger partial charge in [-0.3, -0.25) is 0 Å². The summed E-state index contributed by atoms with van der Waals surface area (Å²) in [5, 5.41) is 9.38. The molecule has 1 aromatic heterocycles. The highest BCUT2D eigenvalue weighted by atomic mass is 32.2. The number of aromatic nitrogens is 1. The lowest BCUT2D eigenvalue weighted by atomic mass is 10.3. The van der Waals surface area contributed by atoms with Crippen LogP contribution in [0.4, 0.5) is 0 Å². The summed E-state index contributed by atoms with van der Waals surface area (Å²) < 4.78 is 37.2. The second-order valence-corrected chi connectivity index (χ2v) is 7.80. The molecule has 0 spiro atoms. The molecular weight excluding hydrogens is 362 g/mol. The zero-order valence-corrected chi connectivity index (χ0v) is 15.9. The van der Waals surface area contributed by atoms with Crippen molar-refractivity contribution in [1.82, 2.24) is 14.2 Å². The molecule has 1 saturated heterocycles. The monoisotopic (exact) mass is 387 g/mol. The molecule has 1 N–H and O–H groups in total. The molecule has 1 aliphatic heterocycles. The van der Waals surface area contributed by atoms with E-state index in [0.29, 0.717) is 39.2 Å². The average molecular weight is 387 g/mol. The maximum Gasteiger partial charge on any atom is 0.341 e. The van der Waals surface area contributed by atoms with Crippen molar-refractivity contribution in [2.24, 2.45) is 0 Å². The minimum Gasteiger partial charge on any atom is -0.477 e. The first-order valence-corrected chi connectivity index (χ1v) is 9.91. The van der Waals surface area contributed by atoms with Crippen molar-refractivity contribution in [3.05, 3.63) is 17.8 Å². The Balaban J connectivity index is 2.18. The van der Waals surface area contributed by atoms with Crippen molar-refractivity contribution in [2.45, 2.75) is 18.2 Å². The van der Waals surface area contributed by atoms with E-state index in [1.807, 2.05) is 6.92 Å². The van der Waals surface area contributed by atoms with E-state index in [2.05, 4.69) is 9.88 Å². The molecule has 0 radical (unpaired) electrons. The van der Waals surface area contributed by atoms with Gasteiger partial charge in [0.1, 0.15) is 10.5 Å². The number of rotatable bonds is 9. The molecule has 10 heteroatoms. The van der Waals surface area contributed by atoms with Gasteiger partial charge < -0.3 is 19.5 Å². The summed E-state index contributed by atoms with van der Waals surface area (Å²) in [6.45, 7) is 5.63. The quantitative estimate of drug-likeness (QED) is 0.611. The third-order valence-electron chi connectivity index (χ3n) is 4.20. The Bertz CT molecular complexity index is 717. The van der Waals surface area contributed by atoms with Gasteiger partial charge in [0.05, 0.1) is 12.8 Å². The van der Waals surface area contributed by atoms with E-state index in [-0.39, 0.29) is 22.9 Å². The molecule has 0 aromatic carbocycles. The summed E-state index contributed by atoms with van der Waals surface area (Å²) in [7, 11) is -2.23. The third-order valence-corrected chi connectivity index (χ3v) is 6.07. The van der Waals surface area contributed by atoms with Crippen molar-refractivity contribution in [3.8, 4) is 5.88 Å². The summed E-state index contributed by atoms with van der Waals surface area (Å²) in [5.41, 5.74) is -0.268. The molecule has 0 bridgehead atoms. The highest BCUT2D eigenvalue weighted by Crippen LogP contribution is 2.23. The van der Waals surface area contributed by atoms with Crippen LogP contribution >= 0.6 is 0 Å². The van der Waals surface area contributed by atoms with Crippen LogP contribution in [0.25, 0.3) is 0 Å². The molecule has 1 fully saturated rings. The van der Waals surface area contributed by atoms with Crippen molar-refractivity contribution in [2.75, 3.05) is 53.0 Å². The van der Waals surface area contributed by atoms with Gasteiger partial charge in [0.25, 0.3) is 0 Å². The largest absolute Gasteiger partial charge is 0.477 e. The molecule has 0 aliphatic carbocycles. The van der Waals surface area contributed by atoms with Crippen LogP contribution in [0.3, 0.4) is 0 Å². The second kappa shape index (κ2) is 9.26. The fourth-order valence-electron chi connectivity index (χ4n) is 2.65. The fourth-order valence-corrected chi connectivity index (χ4v) is 4.04. The maximum absolute atomic E-state index is 12.8. The number of methoxy groups -OCH3 is 1. The van der Waals surface area contributed by atoms with Crippen LogP contribution in [-0.4, -0.2) is 86.7 Å². The topological polar surface area (TPSA) is 109 Å². The van der Waals surface area contributed by atoms with Gasteiger partial charge in [-0.05, 0) is 12.6 Å². The molecular formula is C16H25N3O6S. The van der Waals surface area contributed by atoms with Gasteiger partial charge in [0.15, 0.2) is 0 Å². The standard InChI is InChI=1S/C16H25N3O6S/c1-3-18-5-7-19(8-6-18)26(22,23)13-11-14(16(20)21)15(17-12-13)25-10-4-9-24-2/h11-12H,3-10H2,1-2H3,(H,20,21). The van der Waals surface area contributed by atoms with Crippen molar-refractivity contribution in [3.63, 3.8) is 0 Å². The minimum atomic E-state index is -3.79. The lowest BCUT2D eigenvalue weighted by Crippen LogP contribution is -2.48. The average Bonchev–Trinajstić information content (AvgIpc) is 2.65. The van der Waals surface area contributed by atoms with E-state index in [1.165, 1.54) is 4.31 Å². The smallest absolute Gasteiger partial charge is 0.341 e. The number of hydrogen-bond donors (Lipinski definition) is 1. The number of carbonyl (C=O) groups is 1. The number of carboxylic acids is 1. The first kappa shape index (κ1) is 20.6. The summed E-state index contributed by atoms with van der Waals surface area (Å²) in [4.78, 5) is 17.4. The fraction of sp³-hybridized carbons (Fsp3) is 0.625. The number of carboxylic acid groups (broad SMARTS) is 1. The van der Waals surface area contributed by atoms with Crippen LogP contribution in [0.15, 0.2) is 17.2 Å². The molecule has 9 nitrogen and oxygen atoms in total. The maximum atomic E-state index is 12.8. The Kier molecular flexibility index (Phi) is 7.33. The zero-order valence-electron chi connectivity index (χ0n) is 15.0. The first-order chi connectivity index (χ1) is 12.4. The minimum absolute atomic E-state index is 0.0941. The highest BCUT2D eigenvalue weighted by molar-refractivity contribution is 7.89.